The molecule has 0 spiro atoms. The van der Waals surface area contributed by atoms with Crippen LogP contribution in [0.3, 0.4) is 0 Å². The molecule has 3 atom stereocenters. The molecule has 124 valence electrons. The number of nitrogens with zero attached hydrogens (tertiary/aromatic N) is 2. The van der Waals surface area contributed by atoms with Crippen LogP contribution in [0.15, 0.2) is 17.1 Å². The number of hydrogen-bond acceptors (Lipinski definition) is 6. The Kier molecular flexibility index (Phi) is 5.09. The lowest BCUT2D eigenvalue weighted by Gasteiger charge is -2.21. The average Bonchev–Trinajstić information content (AvgIpc) is 2.71. The fourth-order valence-electron chi connectivity index (χ4n) is 2.20. The molecule has 0 unspecified atom stereocenters. The molecule has 1 aromatic heterocycles. The van der Waals surface area contributed by atoms with Crippen molar-refractivity contribution < 1.29 is 23.7 Å². The maximum Gasteiger partial charge on any atom is 0.351 e. The molecule has 22 heavy (non-hydrogen) atoms. The van der Waals surface area contributed by atoms with Gasteiger partial charge in [-0.3, -0.25) is 4.57 Å². The van der Waals surface area contributed by atoms with Gasteiger partial charge in [-0.25, -0.2) is 4.79 Å². The van der Waals surface area contributed by atoms with Gasteiger partial charge in [-0.15, -0.1) is 0 Å². The van der Waals surface area contributed by atoms with Crippen LogP contribution in [0.25, 0.3) is 0 Å². The third-order valence-corrected chi connectivity index (χ3v) is 3.48. The Morgan fingerprint density at radius 3 is 2.82 bits per heavy atom. The molecule has 1 aromatic rings. The van der Waals surface area contributed by atoms with Gasteiger partial charge in [0.1, 0.15) is 11.9 Å². The van der Waals surface area contributed by atoms with Gasteiger partial charge in [0.2, 0.25) is 6.23 Å². The number of ether oxygens (including phenoxy) is 1. The fourth-order valence-corrected chi connectivity index (χ4v) is 2.20. The van der Waals surface area contributed by atoms with E-state index >= 15 is 0 Å². The Balaban J connectivity index is 2.21. The van der Waals surface area contributed by atoms with Crippen LogP contribution in [0, 0.1) is 0 Å². The molecule has 0 saturated carbocycles. The number of aromatic nitrogens is 2. The highest BCUT2D eigenvalue weighted by atomic mass is 19.3. The molecule has 0 aliphatic carbocycles. The summed E-state index contributed by atoms with van der Waals surface area (Å²) >= 11 is 0. The maximum absolute atomic E-state index is 14.0. The highest BCUT2D eigenvalue weighted by Crippen LogP contribution is 2.41. The quantitative estimate of drug-likeness (QED) is 0.654. The molecule has 1 aliphatic heterocycles. The minimum absolute atomic E-state index is 0.287. The van der Waals surface area contributed by atoms with Gasteiger partial charge in [-0.05, 0) is 12.5 Å². The molecule has 1 fully saturated rings. The number of anilines is 1. The Morgan fingerprint density at radius 2 is 2.27 bits per heavy atom. The second-order valence-electron chi connectivity index (χ2n) is 5.11. The van der Waals surface area contributed by atoms with Crippen molar-refractivity contribution in [2.24, 2.45) is 0 Å². The minimum Gasteiger partial charge on any atom is -0.394 e. The Hall–Kier alpha value is -1.58. The van der Waals surface area contributed by atoms with Gasteiger partial charge in [0, 0.05) is 12.7 Å². The lowest BCUT2D eigenvalue weighted by atomic mass is 10.1. The molecule has 9 heteroatoms. The second-order valence-corrected chi connectivity index (χ2v) is 5.11. The van der Waals surface area contributed by atoms with Crippen molar-refractivity contribution in [3.63, 3.8) is 0 Å². The first-order valence-corrected chi connectivity index (χ1v) is 7.07. The van der Waals surface area contributed by atoms with Crippen LogP contribution in [0.4, 0.5) is 14.6 Å². The maximum atomic E-state index is 14.0. The Bertz CT molecular complexity index is 566. The third kappa shape index (κ3) is 3.11. The van der Waals surface area contributed by atoms with Gasteiger partial charge in [0.25, 0.3) is 0 Å². The van der Waals surface area contributed by atoms with Crippen LogP contribution in [0.5, 0.6) is 0 Å². The van der Waals surface area contributed by atoms with Crippen molar-refractivity contribution >= 4 is 5.82 Å². The van der Waals surface area contributed by atoms with E-state index in [1.165, 1.54) is 6.07 Å². The predicted molar refractivity (Wildman–Crippen MR) is 73.8 cm³/mol. The highest BCUT2D eigenvalue weighted by molar-refractivity contribution is 5.31. The standard InChI is InChI=1S/C13H19F2N3O4/c1-2-3-5-16-9-4-6-18(12(21)17-9)11-13(14,15)10(20)8(7-19)22-11/h4,6,8,10-11,19-20H,2-3,5,7H2,1H3,(H,16,17,21)/t8-,10-,11-/m1/s1. The van der Waals surface area contributed by atoms with Crippen LogP contribution in [-0.2, 0) is 4.74 Å². The first-order chi connectivity index (χ1) is 10.4. The molecular formula is C13H19F2N3O4. The zero-order valence-corrected chi connectivity index (χ0v) is 12.1. The lowest BCUT2D eigenvalue weighted by molar-refractivity contribution is -0.140. The van der Waals surface area contributed by atoms with Crippen molar-refractivity contribution in [3.8, 4) is 0 Å². The van der Waals surface area contributed by atoms with E-state index in [-0.39, 0.29) is 5.82 Å². The van der Waals surface area contributed by atoms with E-state index in [0.29, 0.717) is 11.1 Å². The van der Waals surface area contributed by atoms with Crippen LogP contribution >= 0.6 is 0 Å². The smallest absolute Gasteiger partial charge is 0.351 e. The summed E-state index contributed by atoms with van der Waals surface area (Å²) in [4.78, 5) is 15.6. The zero-order valence-electron chi connectivity index (χ0n) is 12.1. The van der Waals surface area contributed by atoms with E-state index in [1.54, 1.807) is 0 Å². The summed E-state index contributed by atoms with van der Waals surface area (Å²) in [6.45, 7) is 1.86. The summed E-state index contributed by atoms with van der Waals surface area (Å²) in [5.41, 5.74) is -0.919. The van der Waals surface area contributed by atoms with Crippen molar-refractivity contribution in [2.75, 3.05) is 18.5 Å². The van der Waals surface area contributed by atoms with Gasteiger partial charge in [0.15, 0.2) is 6.10 Å². The van der Waals surface area contributed by atoms with Crippen LogP contribution in [-0.4, -0.2) is 51.0 Å². The third-order valence-electron chi connectivity index (χ3n) is 3.48. The summed E-state index contributed by atoms with van der Waals surface area (Å²) in [7, 11) is 0. The van der Waals surface area contributed by atoms with Crippen LogP contribution in [0.1, 0.15) is 26.0 Å². The van der Waals surface area contributed by atoms with Crippen LogP contribution < -0.4 is 11.0 Å². The summed E-state index contributed by atoms with van der Waals surface area (Å²) in [5, 5.41) is 21.3. The first kappa shape index (κ1) is 16.8. The number of nitrogens with one attached hydrogen (secondary N) is 1. The number of aliphatic hydroxyl groups is 2. The highest BCUT2D eigenvalue weighted by Gasteiger charge is 2.59. The molecule has 0 aromatic carbocycles. The first-order valence-electron chi connectivity index (χ1n) is 7.07. The van der Waals surface area contributed by atoms with Gasteiger partial charge in [0.05, 0.1) is 6.61 Å². The number of alkyl halides is 2. The fraction of sp³-hybridized carbons (Fsp3) is 0.692. The zero-order chi connectivity index (χ0) is 16.3. The SMILES string of the molecule is CCCCNc1ccn([C@@H]2O[C@H](CO)[C@@H](O)C2(F)F)c(=O)n1. The normalized spacial score (nSPS) is 27.0. The summed E-state index contributed by atoms with van der Waals surface area (Å²) in [5.74, 6) is -3.41. The van der Waals surface area contributed by atoms with Crippen LogP contribution in [0.2, 0.25) is 0 Å². The second kappa shape index (κ2) is 6.67. The van der Waals surface area contributed by atoms with Gasteiger partial charge in [-0.2, -0.15) is 13.8 Å². The summed E-state index contributed by atoms with van der Waals surface area (Å²) in [6.07, 6.45) is -2.64. The number of halogens is 2. The minimum atomic E-state index is -3.70. The topological polar surface area (TPSA) is 96.6 Å². The van der Waals surface area contributed by atoms with E-state index in [4.69, 9.17) is 9.84 Å². The van der Waals surface area contributed by atoms with E-state index in [0.717, 1.165) is 19.0 Å². The molecule has 0 radical (unpaired) electrons. The van der Waals surface area contributed by atoms with Gasteiger partial charge in [-0.1, -0.05) is 13.3 Å². The summed E-state index contributed by atoms with van der Waals surface area (Å²) in [6, 6.07) is 1.38. The largest absolute Gasteiger partial charge is 0.394 e. The molecule has 1 saturated heterocycles. The molecule has 0 bridgehead atoms. The molecule has 3 N–H and O–H groups in total. The van der Waals surface area contributed by atoms with E-state index in [2.05, 4.69) is 10.3 Å². The Morgan fingerprint density at radius 1 is 1.55 bits per heavy atom. The summed E-state index contributed by atoms with van der Waals surface area (Å²) < 4.78 is 33.4. The average molecular weight is 319 g/mol. The van der Waals surface area contributed by atoms with Crippen molar-refractivity contribution in [3.05, 3.63) is 22.7 Å². The van der Waals surface area contributed by atoms with Gasteiger partial charge >= 0.3 is 11.6 Å². The number of hydrogen-bond donors (Lipinski definition) is 3. The lowest BCUT2D eigenvalue weighted by Crippen LogP contribution is -2.41. The van der Waals surface area contributed by atoms with Crippen molar-refractivity contribution in [1.29, 1.82) is 0 Å². The van der Waals surface area contributed by atoms with E-state index in [9.17, 15) is 18.7 Å². The van der Waals surface area contributed by atoms with Crippen molar-refractivity contribution in [1.82, 2.24) is 9.55 Å². The van der Waals surface area contributed by atoms with Gasteiger partial charge < -0.3 is 20.3 Å². The number of unbranched alkanes of at least 4 members (excludes halogenated alkanes) is 1. The number of aliphatic hydroxyl groups excluding tert-OH is 2. The molecule has 2 rings (SSSR count). The molecule has 0 amide bonds. The molecule has 7 nitrogen and oxygen atoms in total. The number of rotatable bonds is 6. The molecule has 2 heterocycles. The molecular weight excluding hydrogens is 300 g/mol. The monoisotopic (exact) mass is 319 g/mol. The predicted octanol–water partition coefficient (Wildman–Crippen LogP) is 0.341. The van der Waals surface area contributed by atoms with E-state index < -0.39 is 36.7 Å². The molecule has 1 aliphatic rings. The Labute approximate surface area is 125 Å². The van der Waals surface area contributed by atoms with E-state index in [1.807, 2.05) is 6.92 Å². The van der Waals surface area contributed by atoms with Crippen molar-refractivity contribution in [2.45, 2.75) is 44.1 Å².